The van der Waals surface area contributed by atoms with Gasteiger partial charge in [0.2, 0.25) is 0 Å². The second-order valence-electron chi connectivity index (χ2n) is 13.7. The zero-order valence-electron chi connectivity index (χ0n) is 29.6. The Kier molecular flexibility index (Phi) is 7.85. The Morgan fingerprint density at radius 1 is 0.352 bits per heavy atom. The molecule has 0 fully saturated rings. The lowest BCUT2D eigenvalue weighted by molar-refractivity contribution is 0.670. The van der Waals surface area contributed by atoms with E-state index >= 15 is 0 Å². The van der Waals surface area contributed by atoms with Crippen molar-refractivity contribution in [2.45, 2.75) is 0 Å². The molecular weight excluding hydrogens is 655 g/mol. The normalized spacial score (nSPS) is 11.3. The molecule has 54 heavy (non-hydrogen) atoms. The van der Waals surface area contributed by atoms with Crippen LogP contribution in [0.2, 0.25) is 0 Å². The second kappa shape index (κ2) is 13.4. The predicted molar refractivity (Wildman–Crippen MR) is 228 cm³/mol. The van der Waals surface area contributed by atoms with Gasteiger partial charge in [-0.1, -0.05) is 176 Å². The highest BCUT2D eigenvalue weighted by Crippen LogP contribution is 2.48. The van der Waals surface area contributed by atoms with Gasteiger partial charge in [0.1, 0.15) is 11.2 Å². The van der Waals surface area contributed by atoms with Crippen LogP contribution in [0.3, 0.4) is 0 Å². The van der Waals surface area contributed by atoms with Crippen LogP contribution in [0.5, 0.6) is 0 Å². The highest BCUT2D eigenvalue weighted by molar-refractivity contribution is 6.22. The largest absolute Gasteiger partial charge is 0.455 e. The van der Waals surface area contributed by atoms with Crippen LogP contribution in [0.1, 0.15) is 0 Å². The first-order valence-corrected chi connectivity index (χ1v) is 18.4. The number of hydrogen-bond acceptors (Lipinski definition) is 2. The lowest BCUT2D eigenvalue weighted by Gasteiger charge is -2.28. The number of rotatable bonds is 7. The van der Waals surface area contributed by atoms with Crippen molar-refractivity contribution in [3.8, 4) is 44.5 Å². The summed E-state index contributed by atoms with van der Waals surface area (Å²) in [5.41, 5.74) is 14.3. The van der Waals surface area contributed by atoms with Gasteiger partial charge in [0.25, 0.3) is 0 Å². The summed E-state index contributed by atoms with van der Waals surface area (Å²) in [6.07, 6.45) is 0. The fraction of sp³-hybridized carbons (Fsp3) is 0. The molecule has 0 radical (unpaired) electrons. The molecule has 0 saturated heterocycles. The van der Waals surface area contributed by atoms with E-state index in [-0.39, 0.29) is 0 Å². The van der Waals surface area contributed by atoms with Crippen LogP contribution in [-0.2, 0) is 0 Å². The molecular formula is C52H35NO. The number of fused-ring (bicyclic) bond motifs is 4. The second-order valence-corrected chi connectivity index (χ2v) is 13.7. The number of nitrogens with zero attached hydrogens (tertiary/aromatic N) is 1. The van der Waals surface area contributed by atoms with Gasteiger partial charge in [-0.3, -0.25) is 0 Å². The summed E-state index contributed by atoms with van der Waals surface area (Å²) in [5, 5.41) is 4.51. The molecule has 10 rings (SSSR count). The van der Waals surface area contributed by atoms with Crippen LogP contribution < -0.4 is 4.90 Å². The van der Waals surface area contributed by atoms with E-state index in [1.54, 1.807) is 0 Å². The Morgan fingerprint density at radius 3 is 1.56 bits per heavy atom. The van der Waals surface area contributed by atoms with Gasteiger partial charge in [-0.25, -0.2) is 0 Å². The van der Waals surface area contributed by atoms with E-state index < -0.39 is 0 Å². The van der Waals surface area contributed by atoms with Crippen molar-refractivity contribution in [3.63, 3.8) is 0 Å². The lowest BCUT2D eigenvalue weighted by atomic mass is 9.93. The molecule has 254 valence electrons. The van der Waals surface area contributed by atoms with Gasteiger partial charge in [-0.2, -0.15) is 0 Å². The Hall–Kier alpha value is -7.16. The minimum atomic E-state index is 0.850. The molecule has 2 nitrogen and oxygen atoms in total. The maximum atomic E-state index is 6.99. The first kappa shape index (κ1) is 31.6. The highest BCUT2D eigenvalue weighted by Gasteiger charge is 2.24. The Balaban J connectivity index is 1.22. The summed E-state index contributed by atoms with van der Waals surface area (Å²) in [6, 6.07) is 75.7. The van der Waals surface area contributed by atoms with Gasteiger partial charge in [-0.15, -0.1) is 0 Å². The average Bonchev–Trinajstić information content (AvgIpc) is 3.63. The number of anilines is 3. The van der Waals surface area contributed by atoms with Crippen LogP contribution in [0, 0.1) is 0 Å². The third-order valence-corrected chi connectivity index (χ3v) is 10.5. The molecule has 1 heterocycles. The third-order valence-electron chi connectivity index (χ3n) is 10.5. The quantitative estimate of drug-likeness (QED) is 0.166. The van der Waals surface area contributed by atoms with E-state index in [0.717, 1.165) is 61.3 Å². The van der Waals surface area contributed by atoms with E-state index in [4.69, 9.17) is 4.42 Å². The molecule has 2 heteroatoms. The summed E-state index contributed by atoms with van der Waals surface area (Å²) >= 11 is 0. The zero-order chi connectivity index (χ0) is 35.8. The van der Waals surface area contributed by atoms with Crippen LogP contribution in [0.4, 0.5) is 17.1 Å². The van der Waals surface area contributed by atoms with E-state index in [1.165, 1.54) is 33.0 Å². The summed E-state index contributed by atoms with van der Waals surface area (Å²) in [4.78, 5) is 2.40. The minimum Gasteiger partial charge on any atom is -0.455 e. The van der Waals surface area contributed by atoms with Gasteiger partial charge in [-0.05, 0) is 80.6 Å². The molecule has 0 unspecified atom stereocenters. The Labute approximate surface area is 314 Å². The van der Waals surface area contributed by atoms with Crippen LogP contribution in [-0.4, -0.2) is 0 Å². The van der Waals surface area contributed by atoms with E-state index in [2.05, 4.69) is 217 Å². The number of benzene rings is 9. The molecule has 0 saturated carbocycles. The van der Waals surface area contributed by atoms with Crippen molar-refractivity contribution in [2.24, 2.45) is 0 Å². The maximum Gasteiger partial charge on any atom is 0.143 e. The van der Waals surface area contributed by atoms with Crippen molar-refractivity contribution >= 4 is 49.8 Å². The molecule has 9 aromatic carbocycles. The number of hydrogen-bond donors (Lipinski definition) is 0. The topological polar surface area (TPSA) is 16.4 Å². The standard InChI is InChI=1S/C52H35NO/c1-4-15-36(16-5-1)38-27-29-41(30-28-38)50-45-23-11-10-21-42(45)35-46-51-48(25-14-26-49(51)54-52(46)50)53(43-33-31-39(32-34-43)37-17-6-2-7-18-37)47-24-13-12-22-44(47)40-19-8-3-9-20-40/h1-35H. The molecule has 0 spiro atoms. The molecule has 10 aromatic rings. The van der Waals surface area contributed by atoms with Crippen LogP contribution in [0.15, 0.2) is 217 Å². The fourth-order valence-corrected chi connectivity index (χ4v) is 7.91. The zero-order valence-corrected chi connectivity index (χ0v) is 29.6. The predicted octanol–water partition coefficient (Wildman–Crippen LogP) is 14.9. The van der Waals surface area contributed by atoms with Gasteiger partial charge in [0.15, 0.2) is 0 Å². The third kappa shape index (κ3) is 5.53. The first-order valence-electron chi connectivity index (χ1n) is 18.4. The van der Waals surface area contributed by atoms with Gasteiger partial charge >= 0.3 is 0 Å². The summed E-state index contributed by atoms with van der Waals surface area (Å²) in [6.45, 7) is 0. The van der Waals surface area contributed by atoms with Crippen molar-refractivity contribution in [2.75, 3.05) is 4.90 Å². The summed E-state index contributed by atoms with van der Waals surface area (Å²) < 4.78 is 6.99. The highest BCUT2D eigenvalue weighted by atomic mass is 16.3. The van der Waals surface area contributed by atoms with Crippen molar-refractivity contribution in [1.29, 1.82) is 0 Å². The fourth-order valence-electron chi connectivity index (χ4n) is 7.91. The Bertz CT molecular complexity index is 2890. The van der Waals surface area contributed by atoms with Crippen molar-refractivity contribution in [1.82, 2.24) is 0 Å². The van der Waals surface area contributed by atoms with E-state index in [9.17, 15) is 0 Å². The monoisotopic (exact) mass is 689 g/mol. The first-order chi connectivity index (χ1) is 26.8. The number of furan rings is 1. The van der Waals surface area contributed by atoms with Gasteiger partial charge < -0.3 is 9.32 Å². The van der Waals surface area contributed by atoms with Gasteiger partial charge in [0, 0.05) is 22.2 Å². The van der Waals surface area contributed by atoms with Crippen molar-refractivity contribution in [3.05, 3.63) is 212 Å². The lowest BCUT2D eigenvalue weighted by Crippen LogP contribution is -2.11. The molecule has 0 bridgehead atoms. The van der Waals surface area contributed by atoms with Crippen molar-refractivity contribution < 1.29 is 4.42 Å². The number of para-hydroxylation sites is 1. The molecule has 0 aliphatic carbocycles. The maximum absolute atomic E-state index is 6.99. The molecule has 1 aromatic heterocycles. The average molecular weight is 690 g/mol. The minimum absolute atomic E-state index is 0.850. The van der Waals surface area contributed by atoms with Crippen LogP contribution in [0.25, 0.3) is 77.2 Å². The van der Waals surface area contributed by atoms with Gasteiger partial charge in [0.05, 0.1) is 16.8 Å². The summed E-state index contributed by atoms with van der Waals surface area (Å²) in [7, 11) is 0. The van der Waals surface area contributed by atoms with E-state index in [0.29, 0.717) is 0 Å². The SMILES string of the molecule is c1ccc(-c2ccc(-c3c4ccccc4cc4c3oc3cccc(N(c5ccc(-c6ccccc6)cc5)c5ccccc5-c5ccccc5)c34)cc2)cc1. The summed E-state index contributed by atoms with van der Waals surface area (Å²) in [5.74, 6) is 0. The molecule has 0 aliphatic heterocycles. The van der Waals surface area contributed by atoms with E-state index in [1.807, 2.05) is 0 Å². The van der Waals surface area contributed by atoms with Crippen LogP contribution >= 0.6 is 0 Å². The smallest absolute Gasteiger partial charge is 0.143 e. The Morgan fingerprint density at radius 2 is 0.870 bits per heavy atom. The molecule has 0 amide bonds. The molecule has 0 atom stereocenters. The molecule has 0 aliphatic rings. The molecule has 0 N–H and O–H groups in total.